The number of rotatable bonds is 2. The second-order valence-electron chi connectivity index (χ2n) is 7.10. The van der Waals surface area contributed by atoms with E-state index in [0.717, 1.165) is 50.9 Å². The first-order valence-corrected chi connectivity index (χ1v) is 8.70. The Balaban J connectivity index is 1.59. The van der Waals surface area contributed by atoms with Crippen LogP contribution in [0.15, 0.2) is 29.8 Å². The summed E-state index contributed by atoms with van der Waals surface area (Å²) in [5.74, 6) is 1.77. The summed E-state index contributed by atoms with van der Waals surface area (Å²) in [5.41, 5.74) is 5.04. The van der Waals surface area contributed by atoms with Gasteiger partial charge in [-0.15, -0.1) is 0 Å². The third-order valence-corrected chi connectivity index (χ3v) is 5.88. The van der Waals surface area contributed by atoms with Crippen LogP contribution in [0.3, 0.4) is 0 Å². The van der Waals surface area contributed by atoms with Crippen LogP contribution in [0, 0.1) is 11.8 Å². The molecule has 0 spiro atoms. The SMILES string of the molecule is CC1C2=C(C(=O)C(CC3CCOCC3)CC2)c2ccccc21. The molecular weight excluding hydrogens is 272 g/mol. The Morgan fingerprint density at radius 1 is 1.14 bits per heavy atom. The second kappa shape index (κ2) is 5.66. The van der Waals surface area contributed by atoms with Crippen LogP contribution < -0.4 is 0 Å². The molecule has 2 atom stereocenters. The van der Waals surface area contributed by atoms with E-state index < -0.39 is 0 Å². The molecule has 116 valence electrons. The highest BCUT2D eigenvalue weighted by Gasteiger charge is 2.38. The van der Waals surface area contributed by atoms with Crippen molar-refractivity contribution in [3.63, 3.8) is 0 Å². The number of hydrogen-bond donors (Lipinski definition) is 0. The molecule has 3 aliphatic rings. The summed E-state index contributed by atoms with van der Waals surface area (Å²) in [4.78, 5) is 13.1. The van der Waals surface area contributed by atoms with Crippen molar-refractivity contribution in [2.45, 2.75) is 44.9 Å². The lowest BCUT2D eigenvalue weighted by Crippen LogP contribution is -2.26. The summed E-state index contributed by atoms with van der Waals surface area (Å²) in [7, 11) is 0. The zero-order valence-corrected chi connectivity index (χ0v) is 13.3. The first-order valence-electron chi connectivity index (χ1n) is 8.70. The van der Waals surface area contributed by atoms with Gasteiger partial charge in [0.2, 0.25) is 0 Å². The molecule has 2 unspecified atom stereocenters. The molecular formula is C20H24O2. The molecule has 0 bridgehead atoms. The fraction of sp³-hybridized carbons (Fsp3) is 0.550. The zero-order chi connectivity index (χ0) is 15.1. The summed E-state index contributed by atoms with van der Waals surface area (Å²) < 4.78 is 5.45. The van der Waals surface area contributed by atoms with Crippen LogP contribution >= 0.6 is 0 Å². The molecule has 4 rings (SSSR count). The molecule has 1 aliphatic heterocycles. The van der Waals surface area contributed by atoms with Crippen LogP contribution in [0.4, 0.5) is 0 Å². The van der Waals surface area contributed by atoms with Gasteiger partial charge in [-0.1, -0.05) is 36.8 Å². The molecule has 1 fully saturated rings. The number of ether oxygens (including phenoxy) is 1. The van der Waals surface area contributed by atoms with Crippen LogP contribution in [-0.2, 0) is 9.53 Å². The number of carbonyl (C=O) groups excluding carboxylic acids is 1. The lowest BCUT2D eigenvalue weighted by atomic mass is 9.76. The summed E-state index contributed by atoms with van der Waals surface area (Å²) in [6, 6.07) is 8.50. The lowest BCUT2D eigenvalue weighted by molar-refractivity contribution is -0.118. The number of allylic oxidation sites excluding steroid dienone is 2. The van der Waals surface area contributed by atoms with Crippen molar-refractivity contribution in [3.05, 3.63) is 41.0 Å². The number of hydrogen-bond acceptors (Lipinski definition) is 2. The molecule has 0 N–H and O–H groups in total. The molecule has 1 saturated heterocycles. The number of fused-ring (bicyclic) bond motifs is 2. The van der Waals surface area contributed by atoms with E-state index in [2.05, 4.69) is 31.2 Å². The summed E-state index contributed by atoms with van der Waals surface area (Å²) in [6.45, 7) is 4.01. The Morgan fingerprint density at radius 2 is 1.91 bits per heavy atom. The maximum Gasteiger partial charge on any atom is 0.166 e. The van der Waals surface area contributed by atoms with E-state index in [9.17, 15) is 4.79 Å². The van der Waals surface area contributed by atoms with Crippen molar-refractivity contribution in [1.82, 2.24) is 0 Å². The summed E-state index contributed by atoms with van der Waals surface area (Å²) >= 11 is 0. The van der Waals surface area contributed by atoms with E-state index in [1.54, 1.807) is 0 Å². The highest BCUT2D eigenvalue weighted by atomic mass is 16.5. The van der Waals surface area contributed by atoms with Crippen molar-refractivity contribution < 1.29 is 9.53 Å². The van der Waals surface area contributed by atoms with E-state index >= 15 is 0 Å². The van der Waals surface area contributed by atoms with Crippen molar-refractivity contribution >= 4 is 11.4 Å². The molecule has 2 aliphatic carbocycles. The maximum absolute atomic E-state index is 13.1. The van der Waals surface area contributed by atoms with E-state index in [1.165, 1.54) is 16.7 Å². The van der Waals surface area contributed by atoms with Gasteiger partial charge in [-0.25, -0.2) is 0 Å². The van der Waals surface area contributed by atoms with Crippen LogP contribution in [0.5, 0.6) is 0 Å². The van der Waals surface area contributed by atoms with E-state index in [1.807, 2.05) is 0 Å². The Hall–Kier alpha value is -1.41. The standard InChI is InChI=1S/C20H24O2/c1-13-16-4-2-3-5-18(16)19-17(13)7-6-15(20(19)21)12-14-8-10-22-11-9-14/h2-5,13-15H,6-12H2,1H3. The normalized spacial score (nSPS) is 28.7. The number of benzene rings is 1. The van der Waals surface area contributed by atoms with Gasteiger partial charge in [0.15, 0.2) is 5.78 Å². The third-order valence-electron chi connectivity index (χ3n) is 5.88. The van der Waals surface area contributed by atoms with Crippen molar-refractivity contribution in [2.24, 2.45) is 11.8 Å². The lowest BCUT2D eigenvalue weighted by Gasteiger charge is -2.29. The van der Waals surface area contributed by atoms with Gasteiger partial charge < -0.3 is 4.74 Å². The Labute approximate surface area is 132 Å². The average Bonchev–Trinajstić information content (AvgIpc) is 2.85. The third kappa shape index (κ3) is 2.25. The monoisotopic (exact) mass is 296 g/mol. The van der Waals surface area contributed by atoms with Crippen LogP contribution in [0.25, 0.3) is 5.57 Å². The van der Waals surface area contributed by atoms with Gasteiger partial charge in [-0.05, 0) is 49.1 Å². The summed E-state index contributed by atoms with van der Waals surface area (Å²) in [6.07, 6.45) is 5.47. The fourth-order valence-electron chi connectivity index (χ4n) is 4.59. The zero-order valence-electron chi connectivity index (χ0n) is 13.3. The minimum Gasteiger partial charge on any atom is -0.381 e. The minimum atomic E-state index is 0.236. The van der Waals surface area contributed by atoms with Crippen molar-refractivity contribution in [1.29, 1.82) is 0 Å². The van der Waals surface area contributed by atoms with Gasteiger partial charge in [0.1, 0.15) is 0 Å². The number of ketones is 1. The molecule has 0 amide bonds. The highest BCUT2D eigenvalue weighted by Crippen LogP contribution is 2.49. The van der Waals surface area contributed by atoms with Crippen LogP contribution in [0.1, 0.15) is 56.1 Å². The fourth-order valence-corrected chi connectivity index (χ4v) is 4.59. The molecule has 22 heavy (non-hydrogen) atoms. The molecule has 1 aromatic carbocycles. The van der Waals surface area contributed by atoms with E-state index in [0.29, 0.717) is 17.6 Å². The molecule has 2 nitrogen and oxygen atoms in total. The quantitative estimate of drug-likeness (QED) is 0.811. The van der Waals surface area contributed by atoms with Gasteiger partial charge >= 0.3 is 0 Å². The average molecular weight is 296 g/mol. The minimum absolute atomic E-state index is 0.236. The first-order chi connectivity index (χ1) is 10.8. The molecule has 1 heterocycles. The van der Waals surface area contributed by atoms with Gasteiger partial charge in [-0.3, -0.25) is 4.79 Å². The largest absolute Gasteiger partial charge is 0.381 e. The van der Waals surface area contributed by atoms with Gasteiger partial charge in [0, 0.05) is 30.6 Å². The number of Topliss-reactive ketones (excluding diaryl/α,β-unsaturated/α-hetero) is 1. The Bertz CT molecular complexity index is 622. The molecule has 0 saturated carbocycles. The molecule has 0 radical (unpaired) electrons. The first kappa shape index (κ1) is 14.2. The van der Waals surface area contributed by atoms with Gasteiger partial charge in [-0.2, -0.15) is 0 Å². The van der Waals surface area contributed by atoms with Gasteiger partial charge in [0.25, 0.3) is 0 Å². The van der Waals surface area contributed by atoms with Crippen LogP contribution in [-0.4, -0.2) is 19.0 Å². The topological polar surface area (TPSA) is 26.3 Å². The maximum atomic E-state index is 13.1. The van der Waals surface area contributed by atoms with Crippen molar-refractivity contribution in [2.75, 3.05) is 13.2 Å². The van der Waals surface area contributed by atoms with E-state index in [4.69, 9.17) is 4.74 Å². The van der Waals surface area contributed by atoms with Gasteiger partial charge in [0.05, 0.1) is 0 Å². The number of carbonyl (C=O) groups is 1. The predicted octanol–water partition coefficient (Wildman–Crippen LogP) is 4.35. The van der Waals surface area contributed by atoms with E-state index in [-0.39, 0.29) is 5.92 Å². The molecule has 0 aromatic heterocycles. The Kier molecular flexibility index (Phi) is 3.65. The smallest absolute Gasteiger partial charge is 0.166 e. The van der Waals surface area contributed by atoms with Crippen molar-refractivity contribution in [3.8, 4) is 0 Å². The Morgan fingerprint density at radius 3 is 2.73 bits per heavy atom. The molecule has 1 aromatic rings. The molecule has 2 heteroatoms. The second-order valence-corrected chi connectivity index (χ2v) is 7.10. The predicted molar refractivity (Wildman–Crippen MR) is 87.7 cm³/mol. The van der Waals surface area contributed by atoms with Crippen LogP contribution in [0.2, 0.25) is 0 Å². The highest BCUT2D eigenvalue weighted by molar-refractivity contribution is 6.25. The summed E-state index contributed by atoms with van der Waals surface area (Å²) in [5, 5.41) is 0.